The van der Waals surface area contributed by atoms with Crippen LogP contribution in [-0.4, -0.2) is 0 Å². The van der Waals surface area contributed by atoms with Gasteiger partial charge in [0.15, 0.2) is 0 Å². The maximum atomic E-state index is 2.24. The molecule has 0 N–H and O–H groups in total. The summed E-state index contributed by atoms with van der Waals surface area (Å²) in [5.74, 6) is 0. The third-order valence-electron chi connectivity index (χ3n) is 2.86. The Morgan fingerprint density at radius 2 is 1.12 bits per heavy atom. The number of fused-ring (bicyclic) bond motifs is 1. The lowest BCUT2D eigenvalue weighted by Gasteiger charge is -2.03. The van der Waals surface area contributed by atoms with Gasteiger partial charge in [-0.15, -0.1) is 0 Å². The van der Waals surface area contributed by atoms with Crippen molar-refractivity contribution in [3.8, 4) is 11.1 Å². The molecule has 0 nitrogen and oxygen atoms in total. The first kappa shape index (κ1) is 11.4. The zero-order chi connectivity index (χ0) is 10.8. The molecule has 0 saturated carbocycles. The zero-order valence-corrected chi connectivity index (χ0v) is 8.93. The molecule has 0 aliphatic carbocycles. The van der Waals surface area contributed by atoms with Gasteiger partial charge in [-0.3, -0.25) is 0 Å². The second-order valence-electron chi connectivity index (χ2n) is 3.93. The van der Waals surface area contributed by atoms with Crippen molar-refractivity contribution in [2.75, 3.05) is 0 Å². The lowest BCUT2D eigenvalue weighted by atomic mass is 10.0. The fourth-order valence-electron chi connectivity index (χ4n) is 2.00. The first-order valence-electron chi connectivity index (χ1n) is 5.48. The molecule has 0 radical (unpaired) electrons. The van der Waals surface area contributed by atoms with E-state index in [-0.39, 0.29) is 7.43 Å². The highest BCUT2D eigenvalue weighted by Crippen LogP contribution is 2.23. The number of benzene rings is 3. The summed E-state index contributed by atoms with van der Waals surface area (Å²) >= 11 is 0. The van der Waals surface area contributed by atoms with E-state index in [4.69, 9.17) is 0 Å². The molecule has 0 spiro atoms. The Kier molecular flexibility index (Phi) is 3.24. The average molecular weight is 220 g/mol. The van der Waals surface area contributed by atoms with Gasteiger partial charge in [-0.05, 0) is 28.0 Å². The summed E-state index contributed by atoms with van der Waals surface area (Å²) in [6.45, 7) is 0. The molecular weight excluding hydrogens is 204 g/mol. The minimum atomic E-state index is 0. The van der Waals surface area contributed by atoms with Gasteiger partial charge < -0.3 is 0 Å². The third-order valence-corrected chi connectivity index (χ3v) is 2.86. The summed E-state index contributed by atoms with van der Waals surface area (Å²) in [4.78, 5) is 0. The van der Waals surface area contributed by atoms with Crippen molar-refractivity contribution >= 4 is 10.8 Å². The molecule has 0 heteroatoms. The van der Waals surface area contributed by atoms with Crippen molar-refractivity contribution in [1.82, 2.24) is 0 Å². The van der Waals surface area contributed by atoms with Crippen LogP contribution in [0.25, 0.3) is 21.9 Å². The van der Waals surface area contributed by atoms with E-state index in [0.29, 0.717) is 0 Å². The number of hydrogen-bond donors (Lipinski definition) is 0. The molecule has 0 amide bonds. The Labute approximate surface area is 103 Å². The molecule has 3 rings (SSSR count). The minimum absolute atomic E-state index is 0. The Morgan fingerprint density at radius 3 is 1.88 bits per heavy atom. The fraction of sp³-hybridized carbons (Fsp3) is 0.0588. The molecule has 0 heterocycles. The van der Waals surface area contributed by atoms with Crippen molar-refractivity contribution in [1.29, 1.82) is 0 Å². The Bertz CT molecular complexity index is 609. The molecule has 17 heavy (non-hydrogen) atoms. The van der Waals surface area contributed by atoms with Gasteiger partial charge in [0.1, 0.15) is 0 Å². The van der Waals surface area contributed by atoms with E-state index in [1.54, 1.807) is 0 Å². The van der Waals surface area contributed by atoms with E-state index in [9.17, 15) is 0 Å². The van der Waals surface area contributed by atoms with Crippen LogP contribution < -0.4 is 0 Å². The minimum Gasteiger partial charge on any atom is -0.0776 e. The molecule has 3 aromatic rings. The summed E-state index contributed by atoms with van der Waals surface area (Å²) in [5.41, 5.74) is 2.55. The molecule has 0 bridgehead atoms. The summed E-state index contributed by atoms with van der Waals surface area (Å²) in [7, 11) is 0. The molecule has 0 aliphatic rings. The highest BCUT2D eigenvalue weighted by atomic mass is 14.0. The standard InChI is InChI=1S/C16H12.CH4/c1-2-6-13(7-3-1)16-11-10-14-8-4-5-9-15(14)12-16;/h1-12H;1H4. The lowest BCUT2D eigenvalue weighted by molar-refractivity contribution is 1.64. The largest absolute Gasteiger partial charge is 0.0776 e. The van der Waals surface area contributed by atoms with Gasteiger partial charge in [-0.25, -0.2) is 0 Å². The molecule has 3 aromatic carbocycles. The predicted octanol–water partition coefficient (Wildman–Crippen LogP) is 5.14. The van der Waals surface area contributed by atoms with E-state index >= 15 is 0 Å². The SMILES string of the molecule is C.c1ccc(-c2ccc3ccccc3c2)cc1. The van der Waals surface area contributed by atoms with E-state index < -0.39 is 0 Å². The van der Waals surface area contributed by atoms with Gasteiger partial charge in [0, 0.05) is 0 Å². The summed E-state index contributed by atoms with van der Waals surface area (Å²) in [5, 5.41) is 2.59. The van der Waals surface area contributed by atoms with Crippen LogP contribution in [0.2, 0.25) is 0 Å². The molecule has 0 saturated heterocycles. The van der Waals surface area contributed by atoms with Gasteiger partial charge >= 0.3 is 0 Å². The van der Waals surface area contributed by atoms with Crippen molar-refractivity contribution < 1.29 is 0 Å². The van der Waals surface area contributed by atoms with Crippen LogP contribution in [-0.2, 0) is 0 Å². The van der Waals surface area contributed by atoms with Crippen LogP contribution >= 0.6 is 0 Å². The van der Waals surface area contributed by atoms with Crippen molar-refractivity contribution in [2.45, 2.75) is 7.43 Å². The van der Waals surface area contributed by atoms with E-state index in [2.05, 4.69) is 66.7 Å². The first-order chi connectivity index (χ1) is 7.93. The molecule has 0 unspecified atom stereocenters. The van der Waals surface area contributed by atoms with E-state index in [1.165, 1.54) is 21.9 Å². The van der Waals surface area contributed by atoms with Crippen molar-refractivity contribution in [2.24, 2.45) is 0 Å². The maximum absolute atomic E-state index is 2.24. The van der Waals surface area contributed by atoms with Gasteiger partial charge in [0.25, 0.3) is 0 Å². The maximum Gasteiger partial charge on any atom is -0.0178 e. The van der Waals surface area contributed by atoms with Crippen LogP contribution in [0.3, 0.4) is 0 Å². The van der Waals surface area contributed by atoms with Gasteiger partial charge in [-0.1, -0.05) is 74.2 Å². The van der Waals surface area contributed by atoms with Crippen LogP contribution in [0, 0.1) is 0 Å². The molecule has 0 fully saturated rings. The van der Waals surface area contributed by atoms with Gasteiger partial charge in [0.05, 0.1) is 0 Å². The van der Waals surface area contributed by atoms with E-state index in [1.807, 2.05) is 6.07 Å². The van der Waals surface area contributed by atoms with Crippen LogP contribution in [0.15, 0.2) is 72.8 Å². The van der Waals surface area contributed by atoms with Crippen LogP contribution in [0.1, 0.15) is 7.43 Å². The molecule has 0 aliphatic heterocycles. The highest BCUT2D eigenvalue weighted by Gasteiger charge is 1.97. The monoisotopic (exact) mass is 220 g/mol. The number of hydrogen-bond acceptors (Lipinski definition) is 0. The summed E-state index contributed by atoms with van der Waals surface area (Å²) in [6, 6.07) is 25.5. The molecule has 0 aromatic heterocycles. The quantitative estimate of drug-likeness (QED) is 0.532. The number of rotatable bonds is 1. The second kappa shape index (κ2) is 4.84. The Hall–Kier alpha value is -2.08. The zero-order valence-electron chi connectivity index (χ0n) is 8.93. The second-order valence-corrected chi connectivity index (χ2v) is 3.93. The molecule has 0 atom stereocenters. The van der Waals surface area contributed by atoms with E-state index in [0.717, 1.165) is 0 Å². The van der Waals surface area contributed by atoms with Crippen LogP contribution in [0.4, 0.5) is 0 Å². The van der Waals surface area contributed by atoms with Gasteiger partial charge in [0.2, 0.25) is 0 Å². The van der Waals surface area contributed by atoms with Crippen molar-refractivity contribution in [3.63, 3.8) is 0 Å². The molecule has 84 valence electrons. The predicted molar refractivity (Wildman–Crippen MR) is 76.1 cm³/mol. The summed E-state index contributed by atoms with van der Waals surface area (Å²) in [6.07, 6.45) is 0. The smallest absolute Gasteiger partial charge is 0.0178 e. The third kappa shape index (κ3) is 2.21. The topological polar surface area (TPSA) is 0 Å². The fourth-order valence-corrected chi connectivity index (χ4v) is 2.00. The highest BCUT2D eigenvalue weighted by molar-refractivity contribution is 5.87. The average Bonchev–Trinajstić information content (AvgIpc) is 2.39. The first-order valence-corrected chi connectivity index (χ1v) is 5.48. The lowest BCUT2D eigenvalue weighted by Crippen LogP contribution is -1.77. The van der Waals surface area contributed by atoms with Gasteiger partial charge in [-0.2, -0.15) is 0 Å². The summed E-state index contributed by atoms with van der Waals surface area (Å²) < 4.78 is 0. The van der Waals surface area contributed by atoms with Crippen LogP contribution in [0.5, 0.6) is 0 Å². The molecular formula is C17H16. The van der Waals surface area contributed by atoms with Crippen molar-refractivity contribution in [3.05, 3.63) is 72.8 Å². The normalized spacial score (nSPS) is 9.88. The Morgan fingerprint density at radius 1 is 0.471 bits per heavy atom. The Balaban J connectivity index is 0.00000108.